The van der Waals surface area contributed by atoms with Gasteiger partial charge in [-0.3, -0.25) is 4.79 Å². The minimum absolute atomic E-state index is 0.147. The smallest absolute Gasteiger partial charge is 0.235 e. The number of nitrogens with zero attached hydrogens (tertiary/aromatic N) is 1. The third kappa shape index (κ3) is 3.88. The van der Waals surface area contributed by atoms with E-state index in [0.29, 0.717) is 5.91 Å². The lowest BCUT2D eigenvalue weighted by Gasteiger charge is -2.29. The van der Waals surface area contributed by atoms with Crippen LogP contribution in [0.1, 0.15) is 32.6 Å². The summed E-state index contributed by atoms with van der Waals surface area (Å²) in [5.41, 5.74) is 0. The van der Waals surface area contributed by atoms with Crippen molar-refractivity contribution in [3.05, 3.63) is 0 Å². The molecule has 0 saturated carbocycles. The van der Waals surface area contributed by atoms with Gasteiger partial charge in [-0.15, -0.1) is 11.8 Å². The van der Waals surface area contributed by atoms with E-state index in [0.717, 1.165) is 37.8 Å². The van der Waals surface area contributed by atoms with Crippen molar-refractivity contribution in [2.24, 2.45) is 5.92 Å². The van der Waals surface area contributed by atoms with E-state index < -0.39 is 0 Å². The summed E-state index contributed by atoms with van der Waals surface area (Å²) in [5.74, 6) is 2.29. The number of hydrogen-bond donors (Lipinski definition) is 1. The highest BCUT2D eigenvalue weighted by Crippen LogP contribution is 2.20. The van der Waals surface area contributed by atoms with Crippen LogP contribution in [-0.2, 0) is 4.79 Å². The number of rotatable bonds is 4. The van der Waals surface area contributed by atoms with Crippen LogP contribution in [0.4, 0.5) is 0 Å². The summed E-state index contributed by atoms with van der Waals surface area (Å²) in [6.07, 6.45) is 4.96. The molecule has 1 atom stereocenters. The monoisotopic (exact) mass is 256 g/mol. The van der Waals surface area contributed by atoms with Gasteiger partial charge in [0, 0.05) is 13.1 Å². The van der Waals surface area contributed by atoms with Gasteiger partial charge in [0.25, 0.3) is 0 Å². The lowest BCUT2D eigenvalue weighted by Crippen LogP contribution is -2.44. The van der Waals surface area contributed by atoms with E-state index in [-0.39, 0.29) is 5.25 Å². The standard InChI is InChI=1S/C13H24N2OS/c1-11(17-10-12-8-14-9-12)13(16)15-6-4-2-3-5-7-15/h11-12,14H,2-10H2,1H3. The molecule has 2 heterocycles. The van der Waals surface area contributed by atoms with Gasteiger partial charge >= 0.3 is 0 Å². The SMILES string of the molecule is CC(SCC1CNC1)C(=O)N1CCCCCC1. The largest absolute Gasteiger partial charge is 0.342 e. The Bertz CT molecular complexity index is 248. The Hall–Kier alpha value is -0.220. The molecule has 0 bridgehead atoms. The third-order valence-corrected chi connectivity index (χ3v) is 5.08. The first-order valence-corrected chi connectivity index (χ1v) is 7.93. The summed E-state index contributed by atoms with van der Waals surface area (Å²) >= 11 is 1.84. The Morgan fingerprint density at radius 1 is 1.29 bits per heavy atom. The molecule has 0 radical (unpaired) electrons. The van der Waals surface area contributed by atoms with E-state index in [1.54, 1.807) is 0 Å². The van der Waals surface area contributed by atoms with E-state index in [1.165, 1.54) is 25.7 Å². The maximum Gasteiger partial charge on any atom is 0.235 e. The maximum absolute atomic E-state index is 12.3. The first kappa shape index (κ1) is 13.2. The molecule has 1 amide bonds. The fourth-order valence-corrected chi connectivity index (χ4v) is 3.45. The highest BCUT2D eigenvalue weighted by Gasteiger charge is 2.24. The second-order valence-corrected chi connectivity index (χ2v) is 6.61. The summed E-state index contributed by atoms with van der Waals surface area (Å²) in [6, 6.07) is 0. The molecule has 3 nitrogen and oxygen atoms in total. The lowest BCUT2D eigenvalue weighted by molar-refractivity contribution is -0.130. The molecular weight excluding hydrogens is 232 g/mol. The lowest BCUT2D eigenvalue weighted by atomic mass is 10.1. The molecule has 2 aliphatic rings. The molecule has 2 fully saturated rings. The van der Waals surface area contributed by atoms with Crippen LogP contribution in [-0.4, -0.2) is 48.0 Å². The fraction of sp³-hybridized carbons (Fsp3) is 0.923. The van der Waals surface area contributed by atoms with Crippen LogP contribution in [0, 0.1) is 5.92 Å². The molecule has 98 valence electrons. The van der Waals surface area contributed by atoms with Crippen LogP contribution < -0.4 is 5.32 Å². The second kappa shape index (κ2) is 6.64. The molecule has 17 heavy (non-hydrogen) atoms. The van der Waals surface area contributed by atoms with Crippen LogP contribution in [0.2, 0.25) is 0 Å². The van der Waals surface area contributed by atoms with E-state index in [1.807, 2.05) is 11.8 Å². The summed E-state index contributed by atoms with van der Waals surface area (Å²) in [7, 11) is 0. The van der Waals surface area contributed by atoms with Gasteiger partial charge in [-0.1, -0.05) is 12.8 Å². The second-order valence-electron chi connectivity index (χ2n) is 5.24. The van der Waals surface area contributed by atoms with Crippen molar-refractivity contribution >= 4 is 17.7 Å². The molecule has 0 aliphatic carbocycles. The predicted molar refractivity (Wildman–Crippen MR) is 73.3 cm³/mol. The molecule has 2 saturated heterocycles. The molecule has 1 unspecified atom stereocenters. The molecule has 2 rings (SSSR count). The molecular formula is C13H24N2OS. The Labute approximate surface area is 109 Å². The van der Waals surface area contributed by atoms with Crippen molar-refractivity contribution in [1.82, 2.24) is 10.2 Å². The maximum atomic E-state index is 12.3. The van der Waals surface area contributed by atoms with E-state index in [9.17, 15) is 4.79 Å². The first-order valence-electron chi connectivity index (χ1n) is 6.88. The molecule has 0 aromatic heterocycles. The van der Waals surface area contributed by atoms with Gasteiger partial charge in [0.1, 0.15) is 0 Å². The van der Waals surface area contributed by atoms with Crippen molar-refractivity contribution in [2.45, 2.75) is 37.9 Å². The van der Waals surface area contributed by atoms with Crippen molar-refractivity contribution < 1.29 is 4.79 Å². The number of carbonyl (C=O) groups is 1. The van der Waals surface area contributed by atoms with Crippen LogP contribution in [0.5, 0.6) is 0 Å². The minimum Gasteiger partial charge on any atom is -0.342 e. The predicted octanol–water partition coefficient (Wildman–Crippen LogP) is 1.73. The zero-order valence-corrected chi connectivity index (χ0v) is 11.6. The average Bonchev–Trinajstić information content (AvgIpc) is 2.54. The van der Waals surface area contributed by atoms with E-state index in [4.69, 9.17) is 0 Å². The fourth-order valence-electron chi connectivity index (χ4n) is 2.37. The minimum atomic E-state index is 0.147. The van der Waals surface area contributed by atoms with Gasteiger partial charge in [-0.25, -0.2) is 0 Å². The molecule has 0 aromatic rings. The normalized spacial score (nSPS) is 23.9. The van der Waals surface area contributed by atoms with E-state index in [2.05, 4.69) is 17.1 Å². The van der Waals surface area contributed by atoms with Crippen LogP contribution >= 0.6 is 11.8 Å². The third-order valence-electron chi connectivity index (χ3n) is 3.71. The number of thioether (sulfide) groups is 1. The van der Waals surface area contributed by atoms with Gasteiger partial charge in [0.15, 0.2) is 0 Å². The molecule has 0 aromatic carbocycles. The number of likely N-dealkylation sites (tertiary alicyclic amines) is 1. The van der Waals surface area contributed by atoms with Crippen molar-refractivity contribution in [3.63, 3.8) is 0 Å². The van der Waals surface area contributed by atoms with Gasteiger partial charge in [-0.2, -0.15) is 0 Å². The van der Waals surface area contributed by atoms with Gasteiger partial charge in [0.05, 0.1) is 5.25 Å². The number of hydrogen-bond acceptors (Lipinski definition) is 3. The summed E-state index contributed by atoms with van der Waals surface area (Å²) in [5, 5.41) is 3.42. The first-order chi connectivity index (χ1) is 8.27. The Balaban J connectivity index is 1.72. The van der Waals surface area contributed by atoms with Gasteiger partial charge < -0.3 is 10.2 Å². The summed E-state index contributed by atoms with van der Waals surface area (Å²) < 4.78 is 0. The van der Waals surface area contributed by atoms with E-state index >= 15 is 0 Å². The zero-order chi connectivity index (χ0) is 12.1. The molecule has 0 spiro atoms. The zero-order valence-electron chi connectivity index (χ0n) is 10.8. The van der Waals surface area contributed by atoms with Gasteiger partial charge in [0.2, 0.25) is 5.91 Å². The van der Waals surface area contributed by atoms with Crippen LogP contribution in [0.3, 0.4) is 0 Å². The summed E-state index contributed by atoms with van der Waals surface area (Å²) in [6.45, 7) is 6.31. The number of carbonyl (C=O) groups excluding carboxylic acids is 1. The molecule has 4 heteroatoms. The Morgan fingerprint density at radius 3 is 2.47 bits per heavy atom. The Kier molecular flexibility index (Phi) is 5.16. The number of amides is 1. The van der Waals surface area contributed by atoms with Crippen molar-refractivity contribution in [2.75, 3.05) is 31.9 Å². The van der Waals surface area contributed by atoms with Crippen molar-refractivity contribution in [1.29, 1.82) is 0 Å². The van der Waals surface area contributed by atoms with Gasteiger partial charge in [-0.05, 0) is 44.5 Å². The molecule has 2 aliphatic heterocycles. The Morgan fingerprint density at radius 2 is 1.94 bits per heavy atom. The topological polar surface area (TPSA) is 32.3 Å². The van der Waals surface area contributed by atoms with Crippen LogP contribution in [0.25, 0.3) is 0 Å². The quantitative estimate of drug-likeness (QED) is 0.831. The van der Waals surface area contributed by atoms with Crippen molar-refractivity contribution in [3.8, 4) is 0 Å². The summed E-state index contributed by atoms with van der Waals surface area (Å²) in [4.78, 5) is 14.3. The number of nitrogens with one attached hydrogen (secondary N) is 1. The van der Waals surface area contributed by atoms with Crippen LogP contribution in [0.15, 0.2) is 0 Å². The highest BCUT2D eigenvalue weighted by atomic mass is 32.2. The average molecular weight is 256 g/mol. The highest BCUT2D eigenvalue weighted by molar-refractivity contribution is 8.00. The molecule has 1 N–H and O–H groups in total.